The molecular formula is C27H28F5NO2S. The molecule has 0 amide bonds. The fraction of sp³-hybridized carbons (Fsp3) is 0.333. The van der Waals surface area contributed by atoms with Gasteiger partial charge in [0.2, 0.25) is 0 Å². The molecule has 0 saturated carbocycles. The maximum absolute atomic E-state index is 13.5. The van der Waals surface area contributed by atoms with E-state index in [0.717, 1.165) is 22.4 Å². The van der Waals surface area contributed by atoms with E-state index in [-0.39, 0.29) is 35.4 Å². The van der Waals surface area contributed by atoms with Crippen LogP contribution in [0.1, 0.15) is 43.7 Å². The minimum Gasteiger partial charge on any atom is -0.406 e. The molecule has 194 valence electrons. The number of nitrogens with one attached hydrogen (secondary N) is 1. The molecule has 1 aliphatic rings. The Bertz CT molecular complexity index is 1010. The van der Waals surface area contributed by atoms with Gasteiger partial charge < -0.3 is 9.47 Å². The topological polar surface area (TPSA) is 30.5 Å². The first-order valence-corrected chi connectivity index (χ1v) is 12.5. The summed E-state index contributed by atoms with van der Waals surface area (Å²) < 4.78 is 77.4. The van der Waals surface area contributed by atoms with Crippen molar-refractivity contribution in [3.05, 3.63) is 95.6 Å². The highest BCUT2D eigenvalue weighted by Gasteiger charge is 2.32. The van der Waals surface area contributed by atoms with Crippen LogP contribution < -0.4 is 9.46 Å². The molecule has 4 rings (SSSR count). The van der Waals surface area contributed by atoms with Crippen LogP contribution >= 0.6 is 11.9 Å². The van der Waals surface area contributed by atoms with Crippen molar-refractivity contribution in [2.75, 3.05) is 6.61 Å². The van der Waals surface area contributed by atoms with Gasteiger partial charge in [0.05, 0.1) is 6.10 Å². The minimum atomic E-state index is -4.73. The van der Waals surface area contributed by atoms with E-state index in [0.29, 0.717) is 13.0 Å². The number of halogens is 5. The van der Waals surface area contributed by atoms with E-state index in [4.69, 9.17) is 4.74 Å². The molecule has 3 aromatic carbocycles. The smallest absolute Gasteiger partial charge is 0.406 e. The molecule has 36 heavy (non-hydrogen) atoms. The lowest BCUT2D eigenvalue weighted by Gasteiger charge is -2.35. The Morgan fingerprint density at radius 3 is 1.89 bits per heavy atom. The van der Waals surface area contributed by atoms with Crippen molar-refractivity contribution in [3.8, 4) is 5.75 Å². The van der Waals surface area contributed by atoms with Gasteiger partial charge >= 0.3 is 6.36 Å². The molecule has 2 atom stereocenters. The quantitative estimate of drug-likeness (QED) is 0.251. The van der Waals surface area contributed by atoms with Crippen LogP contribution in [0.5, 0.6) is 5.75 Å². The number of rotatable bonds is 7. The summed E-state index contributed by atoms with van der Waals surface area (Å²) in [5.74, 6) is -1.17. The molecule has 0 aromatic heterocycles. The minimum absolute atomic E-state index is 0.0678. The van der Waals surface area contributed by atoms with Gasteiger partial charge in [0.15, 0.2) is 0 Å². The van der Waals surface area contributed by atoms with Gasteiger partial charge in [-0.1, -0.05) is 38.1 Å². The number of alkyl halides is 3. The Labute approximate surface area is 212 Å². The molecule has 1 heterocycles. The van der Waals surface area contributed by atoms with Crippen LogP contribution in [-0.4, -0.2) is 25.1 Å². The molecule has 0 spiro atoms. The van der Waals surface area contributed by atoms with Crippen LogP contribution in [0, 0.1) is 11.6 Å². The molecule has 3 aromatic rings. The molecule has 1 aliphatic heterocycles. The average molecular weight is 526 g/mol. The van der Waals surface area contributed by atoms with Gasteiger partial charge in [0.25, 0.3) is 0 Å². The van der Waals surface area contributed by atoms with Gasteiger partial charge in [-0.25, -0.2) is 8.78 Å². The molecule has 0 radical (unpaired) electrons. The summed E-state index contributed by atoms with van der Waals surface area (Å²) in [7, 11) is 0. The molecule has 1 fully saturated rings. The summed E-state index contributed by atoms with van der Waals surface area (Å²) >= 11 is 1.32. The molecule has 0 aliphatic carbocycles. The summed E-state index contributed by atoms with van der Waals surface area (Å²) in [6, 6.07) is 18.1. The van der Waals surface area contributed by atoms with Crippen molar-refractivity contribution < 1.29 is 31.4 Å². The third-order valence-corrected chi connectivity index (χ3v) is 6.50. The van der Waals surface area contributed by atoms with Crippen molar-refractivity contribution in [2.24, 2.45) is 0 Å². The van der Waals surface area contributed by atoms with Crippen LogP contribution in [0.2, 0.25) is 0 Å². The predicted octanol–water partition coefficient (Wildman–Crippen LogP) is 7.87. The summed E-state index contributed by atoms with van der Waals surface area (Å²) in [4.78, 5) is 0.742. The van der Waals surface area contributed by atoms with Crippen LogP contribution in [0.25, 0.3) is 0 Å². The number of benzene rings is 3. The maximum Gasteiger partial charge on any atom is 0.573 e. The van der Waals surface area contributed by atoms with Crippen LogP contribution in [0.15, 0.2) is 77.7 Å². The van der Waals surface area contributed by atoms with E-state index in [9.17, 15) is 22.0 Å². The Morgan fingerprint density at radius 1 is 0.861 bits per heavy atom. The Kier molecular flexibility index (Phi) is 10.2. The van der Waals surface area contributed by atoms with E-state index in [1.807, 2.05) is 13.8 Å². The van der Waals surface area contributed by atoms with Crippen molar-refractivity contribution in [1.29, 1.82) is 0 Å². The number of ether oxygens (including phenoxy) is 2. The van der Waals surface area contributed by atoms with Gasteiger partial charge in [-0.2, -0.15) is 0 Å². The van der Waals surface area contributed by atoms with E-state index in [2.05, 4.69) is 9.46 Å². The van der Waals surface area contributed by atoms with Crippen molar-refractivity contribution >= 4 is 11.9 Å². The normalized spacial score (nSPS) is 17.9. The highest BCUT2D eigenvalue weighted by atomic mass is 32.2. The fourth-order valence-corrected chi connectivity index (χ4v) is 4.78. The summed E-state index contributed by atoms with van der Waals surface area (Å²) in [5.41, 5.74) is 1.73. The summed E-state index contributed by atoms with van der Waals surface area (Å²) in [5, 5.41) is 0. The number of hydrogen-bond donors (Lipinski definition) is 1. The Morgan fingerprint density at radius 2 is 1.39 bits per heavy atom. The largest absolute Gasteiger partial charge is 0.573 e. The van der Waals surface area contributed by atoms with Crippen LogP contribution in [0.3, 0.4) is 0 Å². The van der Waals surface area contributed by atoms with Crippen molar-refractivity contribution in [2.45, 2.75) is 56.0 Å². The van der Waals surface area contributed by atoms with E-state index >= 15 is 0 Å². The zero-order valence-electron chi connectivity index (χ0n) is 19.9. The van der Waals surface area contributed by atoms with Gasteiger partial charge in [-0.15, -0.1) is 13.2 Å². The second-order valence-electron chi connectivity index (χ2n) is 7.95. The molecule has 1 N–H and O–H groups in total. The summed E-state index contributed by atoms with van der Waals surface area (Å²) in [6.07, 6.45) is -3.57. The predicted molar refractivity (Wildman–Crippen MR) is 131 cm³/mol. The van der Waals surface area contributed by atoms with Crippen molar-refractivity contribution in [3.63, 3.8) is 0 Å². The second-order valence-corrected chi connectivity index (χ2v) is 8.86. The number of hydrogen-bond acceptors (Lipinski definition) is 4. The van der Waals surface area contributed by atoms with Crippen LogP contribution in [-0.2, 0) is 4.74 Å². The molecular weight excluding hydrogens is 497 g/mol. The Hall–Kier alpha value is -2.62. The molecule has 3 nitrogen and oxygen atoms in total. The third-order valence-electron chi connectivity index (χ3n) is 5.55. The standard InChI is InChI=1S/C25H22F5NO2S.C2H6/c26-18-5-1-16(2-6-18)24(17-3-7-19(27)8-4-17)23-15-20(13-14-32-23)31-34-22-11-9-21(10-12-22)33-25(28,29)30;1-2/h1-12,20,23-24,31H,13-15H2;1-2H3. The molecule has 9 heteroatoms. The monoisotopic (exact) mass is 525 g/mol. The first-order valence-electron chi connectivity index (χ1n) is 11.7. The lowest BCUT2D eigenvalue weighted by atomic mass is 9.82. The highest BCUT2D eigenvalue weighted by molar-refractivity contribution is 7.97. The zero-order chi connectivity index (χ0) is 26.1. The molecule has 0 bridgehead atoms. The van der Waals surface area contributed by atoms with Gasteiger partial charge in [0.1, 0.15) is 17.4 Å². The highest BCUT2D eigenvalue weighted by Crippen LogP contribution is 2.35. The van der Waals surface area contributed by atoms with Crippen LogP contribution in [0.4, 0.5) is 22.0 Å². The van der Waals surface area contributed by atoms with E-state index < -0.39 is 6.36 Å². The first kappa shape index (κ1) is 28.0. The van der Waals surface area contributed by atoms with Crippen molar-refractivity contribution in [1.82, 2.24) is 4.72 Å². The average Bonchev–Trinajstić information content (AvgIpc) is 2.87. The van der Waals surface area contributed by atoms with Gasteiger partial charge in [-0.05, 0) is 84.4 Å². The van der Waals surface area contributed by atoms with Gasteiger partial charge in [0, 0.05) is 23.5 Å². The van der Waals surface area contributed by atoms with E-state index in [1.54, 1.807) is 36.4 Å². The van der Waals surface area contributed by atoms with E-state index in [1.165, 1.54) is 48.3 Å². The lowest BCUT2D eigenvalue weighted by molar-refractivity contribution is -0.274. The SMILES string of the molecule is CC.Fc1ccc(C(c2ccc(F)cc2)C2CC(NSc3ccc(OC(F)(F)F)cc3)CCO2)cc1. The fourth-order valence-electron chi connectivity index (χ4n) is 3.99. The molecule has 1 saturated heterocycles. The van der Waals surface area contributed by atoms with Gasteiger partial charge in [-0.3, -0.25) is 4.72 Å². The second kappa shape index (κ2) is 13.1. The zero-order valence-corrected chi connectivity index (χ0v) is 20.7. The first-order chi connectivity index (χ1) is 17.3. The third kappa shape index (κ3) is 8.21. The summed E-state index contributed by atoms with van der Waals surface area (Å²) in [6.45, 7) is 4.50. The Balaban J connectivity index is 0.00000176. The maximum atomic E-state index is 13.5. The lowest BCUT2D eigenvalue weighted by Crippen LogP contribution is -2.39. The molecule has 2 unspecified atom stereocenters.